The van der Waals surface area contributed by atoms with E-state index in [2.05, 4.69) is 111 Å². The molecule has 8 aromatic rings. The third-order valence-corrected chi connectivity index (χ3v) is 25.1. The van der Waals surface area contributed by atoms with Crippen molar-refractivity contribution < 1.29 is 27.0 Å². The summed E-state index contributed by atoms with van der Waals surface area (Å²) in [5, 5.41) is 0. The molecular weight excluding hydrogens is 1220 g/mol. The fourth-order valence-corrected chi connectivity index (χ4v) is 19.8. The van der Waals surface area contributed by atoms with Crippen molar-refractivity contribution in [1.82, 2.24) is 17.5 Å². The Morgan fingerprint density at radius 3 is 1.08 bits per heavy atom. The normalized spacial score (nSPS) is 17.9. The predicted octanol–water partition coefficient (Wildman–Crippen LogP) is 25.6. The zero-order valence-corrected chi connectivity index (χ0v) is 59.5. The maximum absolute atomic E-state index is 18.2. The standard InChI is InChI=1S/C72H94F4N4O2S6/c1-39(2)19-15-23-43(9)27-31-71(32-28-44(10)24-16-20-40(3)4)49-36-53(84-67(49)69-51(81-71)35-47(13)83-69)56-61(75)62(76)57(66-65(56)79-88-80-66)54-37-50-68(85-54)70-52(38-55(86-70)58-60(74)59(73)48(14)63-64(58)78-87-77-63)82-72(50,33-29-45(11)25-17-21-41(5)6)34-30-46(12)26-18-22-42(7)8/h35-46H,15-34H2,1-14H3. The Morgan fingerprint density at radius 2 is 0.693 bits per heavy atom. The molecule has 2 aromatic carbocycles. The molecule has 0 bridgehead atoms. The van der Waals surface area contributed by atoms with Gasteiger partial charge in [0.2, 0.25) is 0 Å². The molecule has 2 aliphatic rings. The van der Waals surface area contributed by atoms with Gasteiger partial charge in [0.25, 0.3) is 0 Å². The van der Waals surface area contributed by atoms with Gasteiger partial charge >= 0.3 is 0 Å². The molecule has 0 N–H and O–H groups in total. The van der Waals surface area contributed by atoms with Crippen LogP contribution in [0.3, 0.4) is 0 Å². The fourth-order valence-electron chi connectivity index (χ4n) is 13.7. The molecule has 0 saturated carbocycles. The first-order chi connectivity index (χ1) is 42.0. The van der Waals surface area contributed by atoms with Crippen LogP contribution in [0.2, 0.25) is 0 Å². The number of hydrogen-bond donors (Lipinski definition) is 0. The van der Waals surface area contributed by atoms with Gasteiger partial charge in [0, 0.05) is 36.2 Å². The number of hydrogen-bond acceptors (Lipinski definition) is 12. The molecule has 88 heavy (non-hydrogen) atoms. The highest BCUT2D eigenvalue weighted by molar-refractivity contribution is 7.26. The molecule has 6 nitrogen and oxygen atoms in total. The van der Waals surface area contributed by atoms with Gasteiger partial charge in [-0.15, -0.1) is 45.3 Å². The van der Waals surface area contributed by atoms with E-state index in [0.29, 0.717) is 103 Å². The third kappa shape index (κ3) is 14.4. The van der Waals surface area contributed by atoms with Gasteiger partial charge in [-0.2, -0.15) is 17.5 Å². The van der Waals surface area contributed by atoms with Gasteiger partial charge in [-0.3, -0.25) is 0 Å². The molecular formula is C72H94F4N4O2S6. The van der Waals surface area contributed by atoms with Crippen LogP contribution in [0.15, 0.2) is 24.3 Å². The minimum Gasteiger partial charge on any atom is -0.481 e. The van der Waals surface area contributed by atoms with Gasteiger partial charge in [-0.05, 0) is 137 Å². The summed E-state index contributed by atoms with van der Waals surface area (Å²) in [5.74, 6) is 2.00. The van der Waals surface area contributed by atoms with Gasteiger partial charge in [-0.25, -0.2) is 17.6 Å². The van der Waals surface area contributed by atoms with E-state index in [9.17, 15) is 0 Å². The average Bonchev–Trinajstić information content (AvgIpc) is 1.57. The highest BCUT2D eigenvalue weighted by Crippen LogP contribution is 2.61. The Morgan fingerprint density at radius 1 is 0.375 bits per heavy atom. The molecule has 10 rings (SSSR count). The van der Waals surface area contributed by atoms with E-state index in [1.54, 1.807) is 11.3 Å². The second kappa shape index (κ2) is 28.6. The van der Waals surface area contributed by atoms with E-state index in [1.807, 2.05) is 12.1 Å². The number of aryl methyl sites for hydroxylation is 2. The number of ether oxygens (including phenoxy) is 2. The second-order valence-corrected chi connectivity index (χ2v) is 34.0. The summed E-state index contributed by atoms with van der Waals surface area (Å²) < 4.78 is 102. The number of thiophene rings is 4. The molecule has 0 fully saturated rings. The van der Waals surface area contributed by atoms with Crippen LogP contribution in [0.4, 0.5) is 17.6 Å². The summed E-state index contributed by atoms with van der Waals surface area (Å²) in [7, 11) is 0. The molecule has 0 saturated heterocycles. The maximum atomic E-state index is 18.2. The van der Waals surface area contributed by atoms with Crippen LogP contribution in [-0.4, -0.2) is 17.5 Å². The first-order valence-corrected chi connectivity index (χ1v) is 37.9. The number of halogens is 4. The van der Waals surface area contributed by atoms with Crippen molar-refractivity contribution >= 4 is 90.9 Å². The van der Waals surface area contributed by atoms with Gasteiger partial charge < -0.3 is 9.47 Å². The van der Waals surface area contributed by atoms with Crippen molar-refractivity contribution in [2.75, 3.05) is 0 Å². The van der Waals surface area contributed by atoms with Gasteiger partial charge in [0.15, 0.2) is 23.3 Å². The molecule has 0 aliphatic carbocycles. The summed E-state index contributed by atoms with van der Waals surface area (Å²) >= 11 is 7.85. The van der Waals surface area contributed by atoms with Crippen LogP contribution in [0, 0.1) is 84.5 Å². The minimum atomic E-state index is -0.976. The first kappa shape index (κ1) is 67.1. The molecule has 8 heterocycles. The summed E-state index contributed by atoms with van der Waals surface area (Å²) in [4.78, 5) is 6.48. The number of aromatic nitrogens is 4. The largest absolute Gasteiger partial charge is 0.481 e. The second-order valence-electron chi connectivity index (χ2n) is 28.6. The van der Waals surface area contributed by atoms with E-state index < -0.39 is 34.5 Å². The Balaban J connectivity index is 1.10. The smallest absolute Gasteiger partial charge is 0.170 e. The fraction of sp³-hybridized carbons (Fsp3) is 0.611. The third-order valence-electron chi connectivity index (χ3n) is 19.2. The quantitative estimate of drug-likeness (QED) is 0.0403. The minimum absolute atomic E-state index is 0.0538. The van der Waals surface area contributed by atoms with Crippen LogP contribution in [0.25, 0.3) is 72.9 Å². The molecule has 2 aliphatic heterocycles. The lowest BCUT2D eigenvalue weighted by molar-refractivity contribution is 0.0322. The Labute approximate surface area is 546 Å². The molecule has 0 amide bonds. The Bertz CT molecular complexity index is 3630. The molecule has 6 aromatic heterocycles. The van der Waals surface area contributed by atoms with E-state index >= 15 is 17.6 Å². The predicted molar refractivity (Wildman–Crippen MR) is 369 cm³/mol. The highest BCUT2D eigenvalue weighted by Gasteiger charge is 2.47. The van der Waals surface area contributed by atoms with Crippen LogP contribution in [0.1, 0.15) is 233 Å². The number of benzene rings is 2. The van der Waals surface area contributed by atoms with E-state index in [-0.39, 0.29) is 22.3 Å². The first-order valence-electron chi connectivity index (χ1n) is 33.1. The van der Waals surface area contributed by atoms with Crippen LogP contribution in [-0.2, 0) is 11.2 Å². The molecule has 16 heteroatoms. The summed E-state index contributed by atoms with van der Waals surface area (Å²) in [6.07, 6.45) is 20.7. The average molecular weight is 1320 g/mol. The van der Waals surface area contributed by atoms with Crippen LogP contribution >= 0.6 is 68.8 Å². The van der Waals surface area contributed by atoms with E-state index in [1.165, 1.54) is 66.6 Å². The summed E-state index contributed by atoms with van der Waals surface area (Å²) in [5.41, 5.74) is 2.15. The maximum Gasteiger partial charge on any atom is 0.170 e. The van der Waals surface area contributed by atoms with Crippen molar-refractivity contribution in [1.29, 1.82) is 0 Å². The highest BCUT2D eigenvalue weighted by atomic mass is 32.1. The van der Waals surface area contributed by atoms with Gasteiger partial charge in [0.05, 0.1) is 59.7 Å². The van der Waals surface area contributed by atoms with Crippen LogP contribution < -0.4 is 9.47 Å². The molecule has 4 atom stereocenters. The molecule has 478 valence electrons. The van der Waals surface area contributed by atoms with E-state index in [0.717, 1.165) is 155 Å². The zero-order valence-electron chi connectivity index (χ0n) is 54.6. The van der Waals surface area contributed by atoms with Crippen molar-refractivity contribution in [3.8, 4) is 62.3 Å². The van der Waals surface area contributed by atoms with E-state index in [4.69, 9.17) is 18.2 Å². The monoisotopic (exact) mass is 1310 g/mol. The Kier molecular flexibility index (Phi) is 21.8. The van der Waals surface area contributed by atoms with Crippen molar-refractivity contribution in [3.63, 3.8) is 0 Å². The number of fused-ring (bicyclic) bond motifs is 8. The number of rotatable bonds is 31. The molecule has 0 spiro atoms. The summed E-state index contributed by atoms with van der Waals surface area (Å²) in [6.45, 7) is 31.4. The molecule has 4 unspecified atom stereocenters. The van der Waals surface area contributed by atoms with Crippen molar-refractivity contribution in [2.24, 2.45) is 47.3 Å². The summed E-state index contributed by atoms with van der Waals surface area (Å²) in [6, 6.07) is 8.19. The molecule has 0 radical (unpaired) electrons. The number of nitrogens with zero attached hydrogens (tertiary/aromatic N) is 4. The van der Waals surface area contributed by atoms with Crippen molar-refractivity contribution in [2.45, 2.75) is 237 Å². The SMILES string of the molecule is Cc1cc2c(s1)-c1sc(-c3c(F)c(F)c(-c4cc5c(s4)-c4sc(-c6c(F)c(F)c(C)c7nsnc67)cc4OC5(CCC(C)CCCC(C)C)CCC(C)CCCC(C)C)c4nsnc34)cc1C(CCC(C)CCCC(C)C)(CCC(C)CCCC(C)C)O2. The van der Waals surface area contributed by atoms with Gasteiger partial charge in [-0.1, -0.05) is 160 Å². The van der Waals surface area contributed by atoms with Crippen LogP contribution in [0.5, 0.6) is 11.5 Å². The lowest BCUT2D eigenvalue weighted by Crippen LogP contribution is -2.36. The Hall–Kier alpha value is -3.80. The lowest BCUT2D eigenvalue weighted by Gasteiger charge is -2.39. The zero-order chi connectivity index (χ0) is 62.9. The van der Waals surface area contributed by atoms with Crippen molar-refractivity contribution in [3.05, 3.63) is 69.1 Å². The van der Waals surface area contributed by atoms with Gasteiger partial charge in [0.1, 0.15) is 44.8 Å². The lowest BCUT2D eigenvalue weighted by atomic mass is 9.78. The topological polar surface area (TPSA) is 70.0 Å².